The molecule has 1 aromatic heterocycles. The van der Waals surface area contributed by atoms with E-state index in [1.165, 1.54) is 5.56 Å². The fourth-order valence-electron chi connectivity index (χ4n) is 2.01. The fraction of sp³-hybridized carbons (Fsp3) is 0.417. The normalized spacial score (nSPS) is 13.5. The fourth-order valence-corrected chi connectivity index (χ4v) is 2.01. The molecule has 0 saturated carbocycles. The molecule has 2 N–H and O–H groups in total. The van der Waals surface area contributed by atoms with Gasteiger partial charge in [-0.25, -0.2) is 4.98 Å². The number of H-pyrrole nitrogens is 1. The van der Waals surface area contributed by atoms with Gasteiger partial charge in [-0.05, 0) is 38.2 Å². The van der Waals surface area contributed by atoms with E-state index in [9.17, 15) is 0 Å². The number of aliphatic hydroxyl groups excluding tert-OH is 1. The zero-order valence-electron chi connectivity index (χ0n) is 9.64. The molecular formula is C12H17N3O. The first-order valence-corrected chi connectivity index (χ1v) is 5.42. The van der Waals surface area contributed by atoms with E-state index in [0.717, 1.165) is 17.5 Å². The van der Waals surface area contributed by atoms with E-state index in [1.807, 2.05) is 20.2 Å². The maximum absolute atomic E-state index is 9.07. The molecule has 0 aliphatic rings. The lowest BCUT2D eigenvalue weighted by atomic mass is 10.0. The van der Waals surface area contributed by atoms with Crippen molar-refractivity contribution in [1.82, 2.24) is 14.9 Å². The van der Waals surface area contributed by atoms with Gasteiger partial charge in [0.05, 0.1) is 17.4 Å². The standard InChI is InChI=1S/C12H17N3O/c1-15(2)12(5-6-16)9-3-4-10-11(7-9)14-8-13-10/h3-4,7-8,12,16H,5-6H2,1-2H3,(H,13,14). The van der Waals surface area contributed by atoms with Gasteiger partial charge in [-0.2, -0.15) is 0 Å². The lowest BCUT2D eigenvalue weighted by molar-refractivity contribution is 0.211. The van der Waals surface area contributed by atoms with Gasteiger partial charge >= 0.3 is 0 Å². The molecule has 0 radical (unpaired) electrons. The molecule has 4 heteroatoms. The predicted molar refractivity (Wildman–Crippen MR) is 64.2 cm³/mol. The van der Waals surface area contributed by atoms with E-state index < -0.39 is 0 Å². The summed E-state index contributed by atoms with van der Waals surface area (Å²) in [6.07, 6.45) is 2.44. The van der Waals surface area contributed by atoms with Crippen molar-refractivity contribution < 1.29 is 5.11 Å². The van der Waals surface area contributed by atoms with Crippen LogP contribution in [0.4, 0.5) is 0 Å². The highest BCUT2D eigenvalue weighted by molar-refractivity contribution is 5.75. The summed E-state index contributed by atoms with van der Waals surface area (Å²) in [4.78, 5) is 9.41. The van der Waals surface area contributed by atoms with E-state index in [-0.39, 0.29) is 12.6 Å². The highest BCUT2D eigenvalue weighted by Gasteiger charge is 2.13. The Morgan fingerprint density at radius 3 is 2.94 bits per heavy atom. The first-order chi connectivity index (χ1) is 7.72. The van der Waals surface area contributed by atoms with Crippen molar-refractivity contribution in [3.63, 3.8) is 0 Å². The molecule has 86 valence electrons. The highest BCUT2D eigenvalue weighted by atomic mass is 16.3. The summed E-state index contributed by atoms with van der Waals surface area (Å²) >= 11 is 0. The first kappa shape index (κ1) is 11.1. The van der Waals surface area contributed by atoms with Crippen molar-refractivity contribution in [2.45, 2.75) is 12.5 Å². The van der Waals surface area contributed by atoms with Crippen LogP contribution in [0.15, 0.2) is 24.5 Å². The minimum atomic E-state index is 0.198. The monoisotopic (exact) mass is 219 g/mol. The number of nitrogens with zero attached hydrogens (tertiary/aromatic N) is 2. The van der Waals surface area contributed by atoms with Crippen molar-refractivity contribution in [1.29, 1.82) is 0 Å². The molecule has 0 spiro atoms. The zero-order valence-corrected chi connectivity index (χ0v) is 9.64. The average molecular weight is 219 g/mol. The number of aromatic amines is 1. The van der Waals surface area contributed by atoms with Crippen LogP contribution >= 0.6 is 0 Å². The second kappa shape index (κ2) is 4.63. The van der Waals surface area contributed by atoms with E-state index in [2.05, 4.69) is 27.0 Å². The van der Waals surface area contributed by atoms with Crippen molar-refractivity contribution in [3.8, 4) is 0 Å². The van der Waals surface area contributed by atoms with Crippen molar-refractivity contribution in [3.05, 3.63) is 30.1 Å². The lowest BCUT2D eigenvalue weighted by Gasteiger charge is -2.23. The van der Waals surface area contributed by atoms with Crippen LogP contribution in [-0.4, -0.2) is 40.7 Å². The molecular weight excluding hydrogens is 202 g/mol. The Labute approximate surface area is 94.9 Å². The molecule has 0 amide bonds. The Morgan fingerprint density at radius 2 is 2.25 bits per heavy atom. The maximum Gasteiger partial charge on any atom is 0.0931 e. The summed E-state index contributed by atoms with van der Waals surface area (Å²) in [5.74, 6) is 0. The van der Waals surface area contributed by atoms with E-state index >= 15 is 0 Å². The van der Waals surface area contributed by atoms with Crippen LogP contribution in [0.1, 0.15) is 18.0 Å². The largest absolute Gasteiger partial charge is 0.396 e. The summed E-state index contributed by atoms with van der Waals surface area (Å²) in [5.41, 5.74) is 3.23. The number of nitrogens with one attached hydrogen (secondary N) is 1. The molecule has 1 unspecified atom stereocenters. The SMILES string of the molecule is CN(C)C(CCO)c1ccc2nc[nH]c2c1. The van der Waals surface area contributed by atoms with E-state index in [4.69, 9.17) is 5.11 Å². The molecule has 0 bridgehead atoms. The minimum Gasteiger partial charge on any atom is -0.396 e. The first-order valence-electron chi connectivity index (χ1n) is 5.42. The van der Waals surface area contributed by atoms with Gasteiger partial charge in [0.2, 0.25) is 0 Å². The number of benzene rings is 1. The molecule has 1 atom stereocenters. The lowest BCUT2D eigenvalue weighted by Crippen LogP contribution is -2.20. The van der Waals surface area contributed by atoms with Gasteiger partial charge in [-0.3, -0.25) is 0 Å². The smallest absolute Gasteiger partial charge is 0.0931 e. The van der Waals surface area contributed by atoms with Gasteiger partial charge < -0.3 is 15.0 Å². The van der Waals surface area contributed by atoms with Gasteiger partial charge in [-0.1, -0.05) is 6.07 Å². The van der Waals surface area contributed by atoms with Crippen molar-refractivity contribution in [2.75, 3.05) is 20.7 Å². The van der Waals surface area contributed by atoms with E-state index in [0.29, 0.717) is 0 Å². The molecule has 0 aliphatic carbocycles. The third-order valence-electron chi connectivity index (χ3n) is 2.85. The summed E-state index contributed by atoms with van der Waals surface area (Å²) in [6.45, 7) is 0.198. The molecule has 0 saturated heterocycles. The zero-order chi connectivity index (χ0) is 11.5. The van der Waals surface area contributed by atoms with Crippen LogP contribution in [-0.2, 0) is 0 Å². The Balaban J connectivity index is 2.35. The summed E-state index contributed by atoms with van der Waals surface area (Å²) in [5, 5.41) is 9.07. The molecule has 0 aliphatic heterocycles. The second-order valence-electron chi connectivity index (χ2n) is 4.17. The van der Waals surface area contributed by atoms with Gasteiger partial charge in [0.1, 0.15) is 0 Å². The van der Waals surface area contributed by atoms with Crippen LogP contribution in [0.3, 0.4) is 0 Å². The van der Waals surface area contributed by atoms with Crippen molar-refractivity contribution >= 4 is 11.0 Å². The summed E-state index contributed by atoms with van der Waals surface area (Å²) in [7, 11) is 4.05. The number of rotatable bonds is 4. The third kappa shape index (κ3) is 2.08. The van der Waals surface area contributed by atoms with E-state index in [1.54, 1.807) is 6.33 Å². The predicted octanol–water partition coefficient (Wildman–Crippen LogP) is 1.55. The number of aliphatic hydroxyl groups is 1. The summed E-state index contributed by atoms with van der Waals surface area (Å²) in [6, 6.07) is 6.43. The van der Waals surface area contributed by atoms with Crippen molar-refractivity contribution in [2.24, 2.45) is 0 Å². The van der Waals surface area contributed by atoms with Crippen LogP contribution in [0, 0.1) is 0 Å². The number of imidazole rings is 1. The number of aromatic nitrogens is 2. The Bertz CT molecular complexity index is 464. The molecule has 0 fully saturated rings. The van der Waals surface area contributed by atoms with Crippen LogP contribution < -0.4 is 0 Å². The average Bonchev–Trinajstić information content (AvgIpc) is 2.72. The molecule has 2 aromatic rings. The molecule has 4 nitrogen and oxygen atoms in total. The topological polar surface area (TPSA) is 52.1 Å². The van der Waals surface area contributed by atoms with Gasteiger partial charge in [0.25, 0.3) is 0 Å². The second-order valence-corrected chi connectivity index (χ2v) is 4.17. The maximum atomic E-state index is 9.07. The van der Waals surface area contributed by atoms with Gasteiger partial charge in [-0.15, -0.1) is 0 Å². The highest BCUT2D eigenvalue weighted by Crippen LogP contribution is 2.24. The molecule has 2 rings (SSSR count). The Hall–Kier alpha value is -1.39. The molecule has 1 aromatic carbocycles. The number of fused-ring (bicyclic) bond motifs is 1. The van der Waals surface area contributed by atoms with Crippen LogP contribution in [0.2, 0.25) is 0 Å². The Kier molecular flexibility index (Phi) is 3.22. The summed E-state index contributed by atoms with van der Waals surface area (Å²) < 4.78 is 0. The van der Waals surface area contributed by atoms with Crippen LogP contribution in [0.5, 0.6) is 0 Å². The molecule has 1 heterocycles. The van der Waals surface area contributed by atoms with Crippen LogP contribution in [0.25, 0.3) is 11.0 Å². The minimum absolute atomic E-state index is 0.198. The van der Waals surface area contributed by atoms with Gasteiger partial charge in [0.15, 0.2) is 0 Å². The molecule has 16 heavy (non-hydrogen) atoms. The Morgan fingerprint density at radius 1 is 1.44 bits per heavy atom. The third-order valence-corrected chi connectivity index (χ3v) is 2.85. The number of hydrogen-bond acceptors (Lipinski definition) is 3. The quantitative estimate of drug-likeness (QED) is 0.820. The van der Waals surface area contributed by atoms with Gasteiger partial charge in [0, 0.05) is 12.6 Å². The number of hydrogen-bond donors (Lipinski definition) is 2.